The SMILES string of the molecule is CC(=O)OCC1OC(N)C(OC(C)=O)C(OCc2ccccc2)C1OC(C)=O. The summed E-state index contributed by atoms with van der Waals surface area (Å²) in [4.78, 5) is 34.4. The Balaban J connectivity index is 2.26. The van der Waals surface area contributed by atoms with Crippen LogP contribution in [0.25, 0.3) is 0 Å². The molecule has 0 saturated carbocycles. The first-order valence-electron chi connectivity index (χ1n) is 8.82. The Morgan fingerprint density at radius 2 is 1.54 bits per heavy atom. The predicted octanol–water partition coefficient (Wildman–Crippen LogP) is 0.682. The summed E-state index contributed by atoms with van der Waals surface area (Å²) in [6.45, 7) is 3.67. The molecule has 9 nitrogen and oxygen atoms in total. The van der Waals surface area contributed by atoms with Gasteiger partial charge in [-0.05, 0) is 5.56 Å². The quantitative estimate of drug-likeness (QED) is 0.524. The smallest absolute Gasteiger partial charge is 0.303 e. The Kier molecular flexibility index (Phi) is 7.91. The summed E-state index contributed by atoms with van der Waals surface area (Å²) in [6.07, 6.45) is -4.87. The van der Waals surface area contributed by atoms with Gasteiger partial charge in [-0.1, -0.05) is 30.3 Å². The van der Waals surface area contributed by atoms with Crippen molar-refractivity contribution in [3.05, 3.63) is 35.9 Å². The maximum atomic E-state index is 11.6. The standard InChI is InChI=1S/C19H25NO8/c1-11(21)24-10-15-16(26-12(2)22)17(18(19(20)28-15)27-13(3)23)25-9-14-7-5-4-6-8-14/h4-8,15-19H,9-10,20H2,1-3H3. The second-order valence-electron chi connectivity index (χ2n) is 6.35. The third-order valence-corrected chi connectivity index (χ3v) is 4.01. The van der Waals surface area contributed by atoms with Gasteiger partial charge in [0.05, 0.1) is 6.61 Å². The van der Waals surface area contributed by atoms with E-state index in [0.29, 0.717) is 0 Å². The van der Waals surface area contributed by atoms with Gasteiger partial charge in [0, 0.05) is 20.8 Å². The molecule has 2 N–H and O–H groups in total. The Bertz CT molecular complexity index is 680. The van der Waals surface area contributed by atoms with Crippen LogP contribution in [0.3, 0.4) is 0 Å². The molecule has 1 heterocycles. The van der Waals surface area contributed by atoms with Gasteiger partial charge in [-0.2, -0.15) is 0 Å². The van der Waals surface area contributed by atoms with Crippen molar-refractivity contribution < 1.29 is 38.1 Å². The first-order chi connectivity index (χ1) is 13.3. The molecule has 5 atom stereocenters. The molecular weight excluding hydrogens is 370 g/mol. The molecule has 0 bridgehead atoms. The number of esters is 3. The first kappa shape index (κ1) is 21.8. The second-order valence-corrected chi connectivity index (χ2v) is 6.35. The maximum absolute atomic E-state index is 11.6. The molecule has 28 heavy (non-hydrogen) atoms. The molecule has 1 aromatic rings. The van der Waals surface area contributed by atoms with E-state index in [1.54, 1.807) is 0 Å². The van der Waals surface area contributed by atoms with Crippen LogP contribution < -0.4 is 5.73 Å². The highest BCUT2D eigenvalue weighted by Crippen LogP contribution is 2.28. The van der Waals surface area contributed by atoms with Gasteiger partial charge in [0.1, 0.15) is 25.0 Å². The van der Waals surface area contributed by atoms with Gasteiger partial charge in [-0.15, -0.1) is 0 Å². The van der Waals surface area contributed by atoms with E-state index < -0.39 is 48.6 Å². The lowest BCUT2D eigenvalue weighted by molar-refractivity contribution is -0.256. The van der Waals surface area contributed by atoms with Crippen LogP contribution >= 0.6 is 0 Å². The van der Waals surface area contributed by atoms with Gasteiger partial charge in [-0.3, -0.25) is 14.4 Å². The normalized spacial score (nSPS) is 26.9. The lowest BCUT2D eigenvalue weighted by Crippen LogP contribution is -2.64. The average Bonchev–Trinajstić information content (AvgIpc) is 2.62. The van der Waals surface area contributed by atoms with Gasteiger partial charge >= 0.3 is 17.9 Å². The van der Waals surface area contributed by atoms with E-state index in [1.807, 2.05) is 30.3 Å². The number of rotatable bonds is 7. The molecule has 2 rings (SSSR count). The summed E-state index contributed by atoms with van der Waals surface area (Å²) in [5.74, 6) is -1.70. The fraction of sp³-hybridized carbons (Fsp3) is 0.526. The fourth-order valence-corrected chi connectivity index (χ4v) is 2.89. The maximum Gasteiger partial charge on any atom is 0.303 e. The Labute approximate surface area is 163 Å². The summed E-state index contributed by atoms with van der Waals surface area (Å²) < 4.78 is 27.2. The van der Waals surface area contributed by atoms with Crippen LogP contribution in [-0.2, 0) is 44.7 Å². The van der Waals surface area contributed by atoms with Crippen molar-refractivity contribution in [2.45, 2.75) is 58.0 Å². The van der Waals surface area contributed by atoms with Gasteiger partial charge < -0.3 is 29.4 Å². The summed E-state index contributed by atoms with van der Waals surface area (Å²) in [7, 11) is 0. The predicted molar refractivity (Wildman–Crippen MR) is 95.6 cm³/mol. The number of carbonyl (C=O) groups is 3. The van der Waals surface area contributed by atoms with Crippen molar-refractivity contribution in [2.24, 2.45) is 5.73 Å². The zero-order valence-corrected chi connectivity index (χ0v) is 16.0. The second kappa shape index (κ2) is 10.2. The Morgan fingerprint density at radius 3 is 2.11 bits per heavy atom. The van der Waals surface area contributed by atoms with E-state index in [2.05, 4.69) is 0 Å². The minimum atomic E-state index is -1.06. The average molecular weight is 395 g/mol. The minimum absolute atomic E-state index is 0.161. The van der Waals surface area contributed by atoms with Crippen LogP contribution in [0.4, 0.5) is 0 Å². The van der Waals surface area contributed by atoms with E-state index in [9.17, 15) is 14.4 Å². The molecule has 1 fully saturated rings. The van der Waals surface area contributed by atoms with E-state index in [4.69, 9.17) is 29.4 Å². The highest BCUT2D eigenvalue weighted by molar-refractivity contribution is 5.67. The molecular formula is C19H25NO8. The monoisotopic (exact) mass is 395 g/mol. The molecule has 1 aromatic carbocycles. The summed E-state index contributed by atoms with van der Waals surface area (Å²) in [5.41, 5.74) is 6.88. The summed E-state index contributed by atoms with van der Waals surface area (Å²) >= 11 is 0. The van der Waals surface area contributed by atoms with Crippen molar-refractivity contribution in [2.75, 3.05) is 6.61 Å². The number of nitrogens with two attached hydrogens (primary N) is 1. The minimum Gasteiger partial charge on any atom is -0.463 e. The number of carbonyl (C=O) groups excluding carboxylic acids is 3. The molecule has 0 spiro atoms. The van der Waals surface area contributed by atoms with E-state index in [-0.39, 0.29) is 13.2 Å². The third-order valence-electron chi connectivity index (χ3n) is 4.01. The summed E-state index contributed by atoms with van der Waals surface area (Å²) in [6, 6.07) is 9.29. The zero-order valence-electron chi connectivity index (χ0n) is 16.0. The van der Waals surface area contributed by atoms with E-state index in [1.165, 1.54) is 20.8 Å². The van der Waals surface area contributed by atoms with Crippen LogP contribution in [-0.4, -0.2) is 55.2 Å². The van der Waals surface area contributed by atoms with Gasteiger partial charge in [-0.25, -0.2) is 0 Å². The number of hydrogen-bond acceptors (Lipinski definition) is 9. The van der Waals surface area contributed by atoms with Crippen LogP contribution in [0.5, 0.6) is 0 Å². The van der Waals surface area contributed by atoms with Crippen LogP contribution in [0, 0.1) is 0 Å². The molecule has 9 heteroatoms. The Morgan fingerprint density at radius 1 is 0.929 bits per heavy atom. The molecule has 1 aliphatic rings. The molecule has 0 amide bonds. The highest BCUT2D eigenvalue weighted by atomic mass is 16.6. The highest BCUT2D eigenvalue weighted by Gasteiger charge is 2.49. The van der Waals surface area contributed by atoms with Gasteiger partial charge in [0.2, 0.25) is 0 Å². The van der Waals surface area contributed by atoms with Crippen LogP contribution in [0.2, 0.25) is 0 Å². The lowest BCUT2D eigenvalue weighted by Gasteiger charge is -2.43. The number of hydrogen-bond donors (Lipinski definition) is 1. The van der Waals surface area contributed by atoms with Crippen molar-refractivity contribution in [1.82, 2.24) is 0 Å². The molecule has 1 aliphatic heterocycles. The molecule has 5 unspecified atom stereocenters. The van der Waals surface area contributed by atoms with Gasteiger partial charge in [0.15, 0.2) is 12.2 Å². The lowest BCUT2D eigenvalue weighted by atomic mass is 9.97. The topological polar surface area (TPSA) is 123 Å². The first-order valence-corrected chi connectivity index (χ1v) is 8.82. The van der Waals surface area contributed by atoms with Crippen LogP contribution in [0.1, 0.15) is 26.3 Å². The molecule has 0 aliphatic carbocycles. The molecule has 0 aromatic heterocycles. The Hall–Kier alpha value is -2.49. The zero-order chi connectivity index (χ0) is 20.7. The van der Waals surface area contributed by atoms with Gasteiger partial charge in [0.25, 0.3) is 0 Å². The molecule has 154 valence electrons. The van der Waals surface area contributed by atoms with E-state index in [0.717, 1.165) is 5.56 Å². The van der Waals surface area contributed by atoms with Crippen molar-refractivity contribution >= 4 is 17.9 Å². The van der Waals surface area contributed by atoms with Crippen molar-refractivity contribution in [3.8, 4) is 0 Å². The van der Waals surface area contributed by atoms with Crippen LogP contribution in [0.15, 0.2) is 30.3 Å². The molecule has 1 saturated heterocycles. The summed E-state index contributed by atoms with van der Waals surface area (Å²) in [5, 5.41) is 0. The fourth-order valence-electron chi connectivity index (χ4n) is 2.89. The number of benzene rings is 1. The number of ether oxygens (including phenoxy) is 5. The van der Waals surface area contributed by atoms with Crippen molar-refractivity contribution in [1.29, 1.82) is 0 Å². The molecule has 0 radical (unpaired) electrons. The largest absolute Gasteiger partial charge is 0.463 e. The van der Waals surface area contributed by atoms with Crippen molar-refractivity contribution in [3.63, 3.8) is 0 Å². The van der Waals surface area contributed by atoms with E-state index >= 15 is 0 Å². The third kappa shape index (κ3) is 6.29.